The quantitative estimate of drug-likeness (QED) is 0.584. The molecule has 1 heterocycles. The number of amides is 1. The van der Waals surface area contributed by atoms with Crippen molar-refractivity contribution in [1.82, 2.24) is 5.32 Å². The molecule has 1 N–H and O–H groups in total. The van der Waals surface area contributed by atoms with Crippen LogP contribution < -0.4 is 10.1 Å². The van der Waals surface area contributed by atoms with Gasteiger partial charge in [-0.2, -0.15) is 0 Å². The van der Waals surface area contributed by atoms with Crippen LogP contribution in [-0.2, 0) is 0 Å². The maximum Gasteiger partial charge on any atom is 0.265 e. The van der Waals surface area contributed by atoms with Gasteiger partial charge in [-0.1, -0.05) is 12.8 Å². The molecule has 0 saturated heterocycles. The van der Waals surface area contributed by atoms with Crippen molar-refractivity contribution in [3.63, 3.8) is 0 Å². The van der Waals surface area contributed by atoms with Gasteiger partial charge in [0, 0.05) is 12.4 Å². The Balaban J connectivity index is 2.21. The van der Waals surface area contributed by atoms with E-state index in [0.29, 0.717) is 17.2 Å². The van der Waals surface area contributed by atoms with Gasteiger partial charge in [0.1, 0.15) is 10.6 Å². The summed E-state index contributed by atoms with van der Waals surface area (Å²) in [4.78, 5) is 12.4. The number of methoxy groups -OCH3 is 1. The number of ether oxygens (including phenoxy) is 1. The number of unbranched alkanes of at least 4 members (excludes halogenated alkanes) is 3. The van der Waals surface area contributed by atoms with Crippen LogP contribution in [0, 0.1) is 0 Å². The molecule has 1 amide bonds. The minimum absolute atomic E-state index is 0.0470. The molecule has 1 aromatic heterocycles. The lowest BCUT2D eigenvalue weighted by Gasteiger charge is -2.05. The number of hydrogen-bond donors (Lipinski definition) is 1. The molecule has 0 aliphatic carbocycles. The summed E-state index contributed by atoms with van der Waals surface area (Å²) in [5.74, 6) is 1.32. The lowest BCUT2D eigenvalue weighted by molar-refractivity contribution is 0.0954. The van der Waals surface area contributed by atoms with Crippen molar-refractivity contribution in [2.75, 3.05) is 19.5 Å². The van der Waals surface area contributed by atoms with E-state index in [1.807, 2.05) is 5.38 Å². The number of alkyl halides is 1. The second-order valence-electron chi connectivity index (χ2n) is 3.68. The number of rotatable bonds is 8. The van der Waals surface area contributed by atoms with Crippen LogP contribution in [0.3, 0.4) is 0 Å². The van der Waals surface area contributed by atoms with Crippen molar-refractivity contribution in [2.45, 2.75) is 25.7 Å². The average molecular weight is 276 g/mol. The molecule has 1 rings (SSSR count). The summed E-state index contributed by atoms with van der Waals surface area (Å²) in [6.07, 6.45) is 4.28. The topological polar surface area (TPSA) is 38.3 Å². The van der Waals surface area contributed by atoms with Crippen LogP contribution in [0.15, 0.2) is 11.4 Å². The van der Waals surface area contributed by atoms with E-state index in [1.165, 1.54) is 11.3 Å². The zero-order valence-electron chi connectivity index (χ0n) is 10.0. The van der Waals surface area contributed by atoms with Gasteiger partial charge >= 0.3 is 0 Å². The van der Waals surface area contributed by atoms with Gasteiger partial charge in [0.05, 0.1) is 7.11 Å². The Labute approximate surface area is 111 Å². The molecule has 0 unspecified atom stereocenters. The van der Waals surface area contributed by atoms with Crippen LogP contribution in [0.4, 0.5) is 0 Å². The predicted molar refractivity (Wildman–Crippen MR) is 72.4 cm³/mol. The molecule has 0 aliphatic rings. The minimum Gasteiger partial charge on any atom is -0.495 e. The first kappa shape index (κ1) is 14.3. The maximum atomic E-state index is 11.8. The third-order valence-electron chi connectivity index (χ3n) is 2.40. The van der Waals surface area contributed by atoms with Gasteiger partial charge in [0.2, 0.25) is 0 Å². The number of thiophene rings is 1. The summed E-state index contributed by atoms with van der Waals surface area (Å²) in [6.45, 7) is 0.710. The van der Waals surface area contributed by atoms with Crippen molar-refractivity contribution >= 4 is 28.8 Å². The van der Waals surface area contributed by atoms with Crippen molar-refractivity contribution < 1.29 is 9.53 Å². The zero-order chi connectivity index (χ0) is 12.5. The molecule has 0 bridgehead atoms. The third kappa shape index (κ3) is 4.96. The fourth-order valence-corrected chi connectivity index (χ4v) is 2.44. The van der Waals surface area contributed by atoms with Gasteiger partial charge in [-0.05, 0) is 24.3 Å². The summed E-state index contributed by atoms with van der Waals surface area (Å²) in [7, 11) is 1.57. The lowest BCUT2D eigenvalue weighted by atomic mass is 10.2. The Morgan fingerprint density at radius 1 is 1.41 bits per heavy atom. The van der Waals surface area contributed by atoms with E-state index in [9.17, 15) is 4.79 Å². The van der Waals surface area contributed by atoms with E-state index >= 15 is 0 Å². The summed E-state index contributed by atoms with van der Waals surface area (Å²) >= 11 is 6.98. The maximum absolute atomic E-state index is 11.8. The summed E-state index contributed by atoms with van der Waals surface area (Å²) in [5.41, 5.74) is 0. The Kier molecular flexibility index (Phi) is 7.05. The smallest absolute Gasteiger partial charge is 0.265 e. The van der Waals surface area contributed by atoms with Gasteiger partial charge in [-0.3, -0.25) is 4.79 Å². The molecule has 0 radical (unpaired) electrons. The van der Waals surface area contributed by atoms with Crippen LogP contribution >= 0.6 is 22.9 Å². The number of carbonyl (C=O) groups excluding carboxylic acids is 1. The molecule has 0 fully saturated rings. The van der Waals surface area contributed by atoms with Crippen LogP contribution in [0.2, 0.25) is 0 Å². The molecular formula is C12H18ClNO2S. The largest absolute Gasteiger partial charge is 0.495 e. The molecule has 0 spiro atoms. The second kappa shape index (κ2) is 8.37. The van der Waals surface area contributed by atoms with Crippen molar-refractivity contribution in [3.8, 4) is 5.75 Å². The lowest BCUT2D eigenvalue weighted by Crippen LogP contribution is -2.23. The summed E-state index contributed by atoms with van der Waals surface area (Å²) in [5, 5.41) is 4.75. The van der Waals surface area contributed by atoms with Gasteiger partial charge in [-0.15, -0.1) is 22.9 Å². The fourth-order valence-electron chi connectivity index (χ4n) is 1.48. The molecule has 5 heteroatoms. The highest BCUT2D eigenvalue weighted by molar-refractivity contribution is 7.12. The first-order chi connectivity index (χ1) is 8.29. The highest BCUT2D eigenvalue weighted by Gasteiger charge is 2.12. The van der Waals surface area contributed by atoms with Crippen molar-refractivity contribution in [2.24, 2.45) is 0 Å². The molecule has 96 valence electrons. The Morgan fingerprint density at radius 2 is 2.18 bits per heavy atom. The van der Waals surface area contributed by atoms with Crippen LogP contribution in [0.1, 0.15) is 35.4 Å². The Hall–Kier alpha value is -0.740. The normalized spacial score (nSPS) is 10.2. The monoisotopic (exact) mass is 275 g/mol. The van der Waals surface area contributed by atoms with E-state index in [1.54, 1.807) is 13.2 Å². The Morgan fingerprint density at radius 3 is 2.88 bits per heavy atom. The first-order valence-electron chi connectivity index (χ1n) is 5.75. The van der Waals surface area contributed by atoms with E-state index < -0.39 is 0 Å². The van der Waals surface area contributed by atoms with E-state index in [0.717, 1.165) is 31.6 Å². The standard InChI is InChI=1S/C12H18ClNO2S/c1-16-10-6-9-17-11(10)12(15)14-8-5-3-2-4-7-13/h6,9H,2-5,7-8H2,1H3,(H,14,15). The van der Waals surface area contributed by atoms with E-state index in [2.05, 4.69) is 5.32 Å². The number of nitrogens with one attached hydrogen (secondary N) is 1. The zero-order valence-corrected chi connectivity index (χ0v) is 11.6. The van der Waals surface area contributed by atoms with Gasteiger partial charge in [0.15, 0.2) is 0 Å². The minimum atomic E-state index is -0.0470. The SMILES string of the molecule is COc1ccsc1C(=O)NCCCCCCCl. The second-order valence-corrected chi connectivity index (χ2v) is 4.97. The third-order valence-corrected chi connectivity index (χ3v) is 3.56. The van der Waals surface area contributed by atoms with E-state index in [-0.39, 0.29) is 5.91 Å². The molecule has 0 aliphatic heterocycles. The summed E-state index contributed by atoms with van der Waals surface area (Å²) in [6, 6.07) is 1.81. The number of hydrogen-bond acceptors (Lipinski definition) is 3. The van der Waals surface area contributed by atoms with Crippen LogP contribution in [-0.4, -0.2) is 25.4 Å². The molecule has 0 aromatic carbocycles. The molecule has 1 aromatic rings. The fraction of sp³-hybridized carbons (Fsp3) is 0.583. The van der Waals surface area contributed by atoms with Gasteiger partial charge < -0.3 is 10.1 Å². The molecular weight excluding hydrogens is 258 g/mol. The molecule has 0 atom stereocenters. The highest BCUT2D eigenvalue weighted by Crippen LogP contribution is 2.23. The van der Waals surface area contributed by atoms with Gasteiger partial charge in [0.25, 0.3) is 5.91 Å². The molecule has 3 nitrogen and oxygen atoms in total. The molecule has 17 heavy (non-hydrogen) atoms. The summed E-state index contributed by atoms with van der Waals surface area (Å²) < 4.78 is 5.10. The van der Waals surface area contributed by atoms with Crippen LogP contribution in [0.5, 0.6) is 5.75 Å². The highest BCUT2D eigenvalue weighted by atomic mass is 35.5. The Bertz CT molecular complexity index is 341. The predicted octanol–water partition coefficient (Wildman–Crippen LogP) is 3.29. The van der Waals surface area contributed by atoms with Crippen molar-refractivity contribution in [1.29, 1.82) is 0 Å². The first-order valence-corrected chi connectivity index (χ1v) is 7.16. The number of halogens is 1. The number of carbonyl (C=O) groups is 1. The molecule has 0 saturated carbocycles. The van der Waals surface area contributed by atoms with Crippen LogP contribution in [0.25, 0.3) is 0 Å². The van der Waals surface area contributed by atoms with E-state index in [4.69, 9.17) is 16.3 Å². The van der Waals surface area contributed by atoms with Crippen molar-refractivity contribution in [3.05, 3.63) is 16.3 Å². The average Bonchev–Trinajstić information content (AvgIpc) is 2.81. The van der Waals surface area contributed by atoms with Gasteiger partial charge in [-0.25, -0.2) is 0 Å².